The molecule has 1 amide bonds. The molecule has 7 heteroatoms. The number of nitrogens with zero attached hydrogens (tertiary/aromatic N) is 2. The van der Waals surface area contributed by atoms with E-state index in [1.54, 1.807) is 11.3 Å². The van der Waals surface area contributed by atoms with E-state index in [1.165, 1.54) is 23.3 Å². The summed E-state index contributed by atoms with van der Waals surface area (Å²) in [6, 6.07) is 10.1. The van der Waals surface area contributed by atoms with Crippen LogP contribution in [-0.2, 0) is 16.0 Å². The molecule has 6 nitrogen and oxygen atoms in total. The standard InChI is InChI=1S/C28H40N2O4S/c1-20(2)17-33-18-23(31)15-29(14-22-7-8-22)16-28(32)30-11-9-27-25(10-12-35-27)26(30)19-34-24-6-4-5-21(3)13-24/h4-6,10,12-13,20,22-23,26,31H,7-9,11,14-19H2,1-3H3/t23-,26+/m0/s1. The molecule has 0 radical (unpaired) electrons. The maximum absolute atomic E-state index is 13.6. The molecule has 2 atom stereocenters. The molecule has 1 fully saturated rings. The SMILES string of the molecule is Cc1cccc(OC[C@@H]2c3ccsc3CCN2C(=O)CN(CC2CC2)C[C@H](O)COCC(C)C)c1. The molecule has 0 saturated heterocycles. The summed E-state index contributed by atoms with van der Waals surface area (Å²) in [5.74, 6) is 2.01. The number of aryl methyl sites for hydroxylation is 1. The van der Waals surface area contributed by atoms with Gasteiger partial charge in [-0.2, -0.15) is 0 Å². The van der Waals surface area contributed by atoms with Crippen molar-refractivity contribution in [3.05, 3.63) is 51.7 Å². The lowest BCUT2D eigenvalue weighted by atomic mass is 10.0. The summed E-state index contributed by atoms with van der Waals surface area (Å²) in [4.78, 5) is 19.1. The first-order chi connectivity index (χ1) is 16.9. The van der Waals surface area contributed by atoms with Crippen molar-refractivity contribution in [1.82, 2.24) is 9.80 Å². The Hall–Kier alpha value is -1.93. The third kappa shape index (κ3) is 7.78. The lowest BCUT2D eigenvalue weighted by Gasteiger charge is -2.37. The Kier molecular flexibility index (Phi) is 9.22. The van der Waals surface area contributed by atoms with Crippen molar-refractivity contribution in [2.24, 2.45) is 11.8 Å². The number of fused-ring (bicyclic) bond motifs is 1. The van der Waals surface area contributed by atoms with Crippen molar-refractivity contribution in [3.8, 4) is 5.75 Å². The van der Waals surface area contributed by atoms with Crippen LogP contribution in [0.25, 0.3) is 0 Å². The molecule has 1 aromatic carbocycles. The summed E-state index contributed by atoms with van der Waals surface area (Å²) in [6.45, 7) is 9.97. The molecule has 0 bridgehead atoms. The van der Waals surface area contributed by atoms with E-state index in [9.17, 15) is 9.90 Å². The zero-order valence-electron chi connectivity index (χ0n) is 21.3. The van der Waals surface area contributed by atoms with E-state index in [1.807, 2.05) is 23.1 Å². The van der Waals surface area contributed by atoms with Gasteiger partial charge in [0.1, 0.15) is 12.4 Å². The van der Waals surface area contributed by atoms with E-state index in [0.29, 0.717) is 51.3 Å². The van der Waals surface area contributed by atoms with Crippen LogP contribution in [0.5, 0.6) is 5.75 Å². The number of rotatable bonds is 13. The highest BCUT2D eigenvalue weighted by Crippen LogP contribution is 2.34. The molecule has 192 valence electrons. The van der Waals surface area contributed by atoms with Crippen LogP contribution in [0.3, 0.4) is 0 Å². The number of ether oxygens (including phenoxy) is 2. The first-order valence-corrected chi connectivity index (χ1v) is 13.8. The molecular formula is C28H40N2O4S. The fraction of sp³-hybridized carbons (Fsp3) is 0.607. The first kappa shape index (κ1) is 26.1. The quantitative estimate of drug-likeness (QED) is 0.444. The predicted octanol–water partition coefficient (Wildman–Crippen LogP) is 4.31. The van der Waals surface area contributed by atoms with Crippen LogP contribution in [0.2, 0.25) is 0 Å². The van der Waals surface area contributed by atoms with Crippen molar-refractivity contribution in [2.75, 3.05) is 46.0 Å². The minimum atomic E-state index is -0.592. The highest BCUT2D eigenvalue weighted by molar-refractivity contribution is 7.10. The fourth-order valence-corrected chi connectivity index (χ4v) is 5.62. The number of aliphatic hydroxyl groups excluding tert-OH is 1. The molecule has 1 aliphatic heterocycles. The van der Waals surface area contributed by atoms with E-state index in [-0.39, 0.29) is 11.9 Å². The van der Waals surface area contributed by atoms with Gasteiger partial charge < -0.3 is 19.5 Å². The van der Waals surface area contributed by atoms with Crippen molar-refractivity contribution in [2.45, 2.75) is 52.2 Å². The van der Waals surface area contributed by atoms with Gasteiger partial charge >= 0.3 is 0 Å². The molecule has 2 aliphatic rings. The molecule has 35 heavy (non-hydrogen) atoms. The predicted molar refractivity (Wildman–Crippen MR) is 140 cm³/mol. The number of hydrogen-bond donors (Lipinski definition) is 1. The van der Waals surface area contributed by atoms with Crippen LogP contribution in [0.15, 0.2) is 35.7 Å². The average Bonchev–Trinajstić information content (AvgIpc) is 3.49. The molecule has 0 spiro atoms. The second kappa shape index (κ2) is 12.3. The number of amides is 1. The topological polar surface area (TPSA) is 62.2 Å². The van der Waals surface area contributed by atoms with E-state index in [0.717, 1.165) is 24.3 Å². The molecule has 0 unspecified atom stereocenters. The third-order valence-corrected chi connectivity index (χ3v) is 7.61. The van der Waals surface area contributed by atoms with Crippen LogP contribution in [0.1, 0.15) is 48.7 Å². The van der Waals surface area contributed by atoms with Gasteiger partial charge in [0.2, 0.25) is 5.91 Å². The third-order valence-electron chi connectivity index (χ3n) is 6.62. The average molecular weight is 501 g/mol. The molecule has 1 N–H and O–H groups in total. The maximum atomic E-state index is 13.6. The number of aliphatic hydroxyl groups is 1. The minimum Gasteiger partial charge on any atom is -0.491 e. The lowest BCUT2D eigenvalue weighted by Crippen LogP contribution is -2.48. The normalized spacial score (nSPS) is 18.7. The monoisotopic (exact) mass is 500 g/mol. The Balaban J connectivity index is 1.40. The van der Waals surface area contributed by atoms with Crippen LogP contribution in [0, 0.1) is 18.8 Å². The summed E-state index contributed by atoms with van der Waals surface area (Å²) >= 11 is 1.76. The highest BCUT2D eigenvalue weighted by atomic mass is 32.1. The summed E-state index contributed by atoms with van der Waals surface area (Å²) < 4.78 is 11.8. The van der Waals surface area contributed by atoms with Gasteiger partial charge in [-0.15, -0.1) is 11.3 Å². The summed E-state index contributed by atoms with van der Waals surface area (Å²) in [6.07, 6.45) is 2.71. The van der Waals surface area contributed by atoms with Gasteiger partial charge in [0.25, 0.3) is 0 Å². The number of carbonyl (C=O) groups is 1. The first-order valence-electron chi connectivity index (χ1n) is 12.9. The van der Waals surface area contributed by atoms with Gasteiger partial charge in [0, 0.05) is 31.1 Å². The summed E-state index contributed by atoms with van der Waals surface area (Å²) in [7, 11) is 0. The van der Waals surface area contributed by atoms with Crippen molar-refractivity contribution >= 4 is 17.2 Å². The molecule has 4 rings (SSSR count). The Morgan fingerprint density at radius 2 is 2.09 bits per heavy atom. The molecule has 2 aromatic rings. The minimum absolute atomic E-state index is 0.0971. The Bertz CT molecular complexity index is 958. The van der Waals surface area contributed by atoms with E-state index >= 15 is 0 Å². The van der Waals surface area contributed by atoms with Crippen LogP contribution >= 0.6 is 11.3 Å². The fourth-order valence-electron chi connectivity index (χ4n) is 4.70. The van der Waals surface area contributed by atoms with Gasteiger partial charge in [0.05, 0.1) is 25.3 Å². The van der Waals surface area contributed by atoms with Crippen LogP contribution in [-0.4, -0.2) is 72.9 Å². The van der Waals surface area contributed by atoms with Gasteiger partial charge in [0.15, 0.2) is 0 Å². The van der Waals surface area contributed by atoms with Crippen molar-refractivity contribution in [1.29, 1.82) is 0 Å². The van der Waals surface area contributed by atoms with Crippen LogP contribution < -0.4 is 4.74 Å². The highest BCUT2D eigenvalue weighted by Gasteiger charge is 2.34. The van der Waals surface area contributed by atoms with Gasteiger partial charge in [-0.25, -0.2) is 0 Å². The smallest absolute Gasteiger partial charge is 0.237 e. The molecule has 1 aliphatic carbocycles. The Labute approximate surface area is 213 Å². The molecular weight excluding hydrogens is 460 g/mol. The molecule has 1 aromatic heterocycles. The molecule has 1 saturated carbocycles. The second-order valence-electron chi connectivity index (χ2n) is 10.5. The lowest BCUT2D eigenvalue weighted by molar-refractivity contribution is -0.136. The number of carbonyl (C=O) groups excluding carboxylic acids is 1. The zero-order chi connectivity index (χ0) is 24.8. The molecule has 2 heterocycles. The van der Waals surface area contributed by atoms with E-state index < -0.39 is 6.10 Å². The van der Waals surface area contributed by atoms with Crippen molar-refractivity contribution < 1.29 is 19.4 Å². The summed E-state index contributed by atoms with van der Waals surface area (Å²) in [5.41, 5.74) is 2.36. The second-order valence-corrected chi connectivity index (χ2v) is 11.5. The summed E-state index contributed by atoms with van der Waals surface area (Å²) in [5, 5.41) is 12.7. The Morgan fingerprint density at radius 1 is 1.26 bits per heavy atom. The van der Waals surface area contributed by atoms with E-state index in [4.69, 9.17) is 9.47 Å². The number of thiophene rings is 1. The van der Waals surface area contributed by atoms with Crippen molar-refractivity contribution in [3.63, 3.8) is 0 Å². The van der Waals surface area contributed by atoms with Gasteiger partial charge in [-0.3, -0.25) is 9.69 Å². The van der Waals surface area contributed by atoms with Gasteiger partial charge in [-0.1, -0.05) is 26.0 Å². The maximum Gasteiger partial charge on any atom is 0.237 e. The van der Waals surface area contributed by atoms with E-state index in [2.05, 4.69) is 43.2 Å². The number of benzene rings is 1. The largest absolute Gasteiger partial charge is 0.491 e. The van der Waals surface area contributed by atoms with Gasteiger partial charge in [-0.05, 0) is 72.7 Å². The number of hydrogen-bond acceptors (Lipinski definition) is 6. The zero-order valence-corrected chi connectivity index (χ0v) is 22.1. The Morgan fingerprint density at radius 3 is 2.83 bits per heavy atom. The van der Waals surface area contributed by atoms with Crippen LogP contribution in [0.4, 0.5) is 0 Å².